The lowest BCUT2D eigenvalue weighted by Gasteiger charge is -2.26. The molecule has 0 saturated heterocycles. The molecule has 1 aliphatic carbocycles. The molecule has 118 valence electrons. The fraction of sp³-hybridized carbons (Fsp3) is 0.625. The lowest BCUT2D eigenvalue weighted by molar-refractivity contribution is -0.140. The maximum atomic E-state index is 13.4. The second-order valence-corrected chi connectivity index (χ2v) is 5.95. The standard InChI is InChI=1S/C16H21F4N/c1-3-21-15(11-5-4-10(2)8-11)12-6-7-14(17)13(9-12)16(18,19)20/h6-7,9-11,15,21H,3-5,8H2,1-2H3. The van der Waals surface area contributed by atoms with Gasteiger partial charge in [-0.2, -0.15) is 13.2 Å². The van der Waals surface area contributed by atoms with Crippen LogP contribution in [0.2, 0.25) is 0 Å². The van der Waals surface area contributed by atoms with E-state index in [0.717, 1.165) is 31.4 Å². The van der Waals surface area contributed by atoms with Gasteiger partial charge in [0.1, 0.15) is 5.82 Å². The van der Waals surface area contributed by atoms with Crippen LogP contribution in [0.25, 0.3) is 0 Å². The number of hydrogen-bond acceptors (Lipinski definition) is 1. The molecule has 1 N–H and O–H groups in total. The fourth-order valence-corrected chi connectivity index (χ4v) is 3.28. The summed E-state index contributed by atoms with van der Waals surface area (Å²) in [4.78, 5) is 0. The molecule has 0 heterocycles. The van der Waals surface area contributed by atoms with Crippen LogP contribution in [0.3, 0.4) is 0 Å². The minimum Gasteiger partial charge on any atom is -0.310 e. The van der Waals surface area contributed by atoms with Gasteiger partial charge in [0.15, 0.2) is 0 Å². The second kappa shape index (κ2) is 6.34. The molecule has 1 aliphatic rings. The van der Waals surface area contributed by atoms with E-state index in [-0.39, 0.29) is 6.04 Å². The Morgan fingerprint density at radius 2 is 2.00 bits per heavy atom. The third-order valence-electron chi connectivity index (χ3n) is 4.29. The minimum atomic E-state index is -4.65. The fourth-order valence-electron chi connectivity index (χ4n) is 3.28. The van der Waals surface area contributed by atoms with Crippen molar-refractivity contribution in [1.82, 2.24) is 5.32 Å². The zero-order valence-electron chi connectivity index (χ0n) is 12.3. The second-order valence-electron chi connectivity index (χ2n) is 5.95. The van der Waals surface area contributed by atoms with Crippen LogP contribution in [0, 0.1) is 17.7 Å². The van der Waals surface area contributed by atoms with E-state index in [1.165, 1.54) is 6.07 Å². The maximum Gasteiger partial charge on any atom is 0.419 e. The van der Waals surface area contributed by atoms with Gasteiger partial charge in [0, 0.05) is 6.04 Å². The van der Waals surface area contributed by atoms with Crippen molar-refractivity contribution in [1.29, 1.82) is 0 Å². The summed E-state index contributed by atoms with van der Waals surface area (Å²) >= 11 is 0. The van der Waals surface area contributed by atoms with Gasteiger partial charge in [-0.25, -0.2) is 4.39 Å². The first-order chi connectivity index (χ1) is 9.82. The smallest absolute Gasteiger partial charge is 0.310 e. The van der Waals surface area contributed by atoms with Gasteiger partial charge in [0.25, 0.3) is 0 Å². The summed E-state index contributed by atoms with van der Waals surface area (Å²) < 4.78 is 52.0. The molecule has 3 atom stereocenters. The summed E-state index contributed by atoms with van der Waals surface area (Å²) in [7, 11) is 0. The molecule has 1 nitrogen and oxygen atoms in total. The molecular weight excluding hydrogens is 282 g/mol. The highest BCUT2D eigenvalue weighted by molar-refractivity contribution is 5.30. The number of halogens is 4. The van der Waals surface area contributed by atoms with Crippen LogP contribution in [0.5, 0.6) is 0 Å². The van der Waals surface area contributed by atoms with Gasteiger partial charge in [-0.1, -0.05) is 26.3 Å². The van der Waals surface area contributed by atoms with Gasteiger partial charge in [-0.15, -0.1) is 0 Å². The van der Waals surface area contributed by atoms with Crippen LogP contribution in [-0.2, 0) is 6.18 Å². The summed E-state index contributed by atoms with van der Waals surface area (Å²) in [5.74, 6) is -0.300. The average molecular weight is 303 g/mol. The highest BCUT2D eigenvalue weighted by atomic mass is 19.4. The van der Waals surface area contributed by atoms with Crippen molar-refractivity contribution in [2.75, 3.05) is 6.54 Å². The molecule has 0 bridgehead atoms. The van der Waals surface area contributed by atoms with Crippen LogP contribution in [-0.4, -0.2) is 6.54 Å². The van der Waals surface area contributed by atoms with E-state index in [1.54, 1.807) is 0 Å². The summed E-state index contributed by atoms with van der Waals surface area (Å²) in [6.07, 6.45) is -1.56. The summed E-state index contributed by atoms with van der Waals surface area (Å²) in [5, 5.41) is 3.27. The zero-order chi connectivity index (χ0) is 15.6. The minimum absolute atomic E-state index is 0.137. The van der Waals surface area contributed by atoms with Crippen LogP contribution in [0.4, 0.5) is 17.6 Å². The highest BCUT2D eigenvalue weighted by Crippen LogP contribution is 2.40. The van der Waals surface area contributed by atoms with Crippen LogP contribution < -0.4 is 5.32 Å². The third kappa shape index (κ3) is 3.76. The Hall–Kier alpha value is -1.10. The van der Waals surface area contributed by atoms with E-state index >= 15 is 0 Å². The van der Waals surface area contributed by atoms with Crippen molar-refractivity contribution in [2.24, 2.45) is 11.8 Å². The van der Waals surface area contributed by atoms with Gasteiger partial charge < -0.3 is 5.32 Å². The summed E-state index contributed by atoms with van der Waals surface area (Å²) in [6, 6.07) is 3.23. The quantitative estimate of drug-likeness (QED) is 0.778. The SMILES string of the molecule is CCNC(c1ccc(F)c(C(F)(F)F)c1)C1CCC(C)C1. The molecule has 2 rings (SSSR count). The topological polar surface area (TPSA) is 12.0 Å². The van der Waals surface area contributed by atoms with E-state index in [4.69, 9.17) is 0 Å². The lowest BCUT2D eigenvalue weighted by Crippen LogP contribution is -2.27. The van der Waals surface area contributed by atoms with E-state index in [0.29, 0.717) is 23.9 Å². The first kappa shape index (κ1) is 16.3. The van der Waals surface area contributed by atoms with Crippen molar-refractivity contribution >= 4 is 0 Å². The Labute approximate surface area is 122 Å². The molecule has 21 heavy (non-hydrogen) atoms. The molecular formula is C16H21F4N. The largest absolute Gasteiger partial charge is 0.419 e. The van der Waals surface area contributed by atoms with E-state index in [1.807, 2.05) is 6.92 Å². The van der Waals surface area contributed by atoms with Gasteiger partial charge in [0.2, 0.25) is 0 Å². The highest BCUT2D eigenvalue weighted by Gasteiger charge is 2.36. The Balaban J connectivity index is 2.32. The number of hydrogen-bond donors (Lipinski definition) is 1. The Morgan fingerprint density at radius 3 is 2.52 bits per heavy atom. The monoisotopic (exact) mass is 303 g/mol. The van der Waals surface area contributed by atoms with Crippen molar-refractivity contribution in [2.45, 2.75) is 45.3 Å². The maximum absolute atomic E-state index is 13.4. The molecule has 0 spiro atoms. The summed E-state index contributed by atoms with van der Waals surface area (Å²) in [5.41, 5.74) is -0.640. The van der Waals surface area contributed by atoms with E-state index in [2.05, 4.69) is 12.2 Å². The molecule has 0 aliphatic heterocycles. The molecule has 0 aromatic heterocycles. The first-order valence-electron chi connectivity index (χ1n) is 7.43. The summed E-state index contributed by atoms with van der Waals surface area (Å²) in [6.45, 7) is 4.77. The van der Waals surface area contributed by atoms with Crippen LogP contribution >= 0.6 is 0 Å². The zero-order valence-corrected chi connectivity index (χ0v) is 12.3. The Morgan fingerprint density at radius 1 is 1.29 bits per heavy atom. The predicted molar refractivity (Wildman–Crippen MR) is 74.3 cm³/mol. The molecule has 5 heteroatoms. The van der Waals surface area contributed by atoms with Crippen molar-refractivity contribution in [3.05, 3.63) is 35.1 Å². The molecule has 1 aromatic rings. The Kier molecular flexibility index (Phi) is 4.91. The number of nitrogens with one attached hydrogen (secondary N) is 1. The van der Waals surface area contributed by atoms with Crippen molar-refractivity contribution < 1.29 is 17.6 Å². The third-order valence-corrected chi connectivity index (χ3v) is 4.29. The average Bonchev–Trinajstić information content (AvgIpc) is 2.82. The van der Waals surface area contributed by atoms with Gasteiger partial charge in [0.05, 0.1) is 5.56 Å². The molecule has 1 saturated carbocycles. The number of alkyl halides is 3. The Bertz CT molecular complexity index is 484. The molecule has 3 unspecified atom stereocenters. The van der Waals surface area contributed by atoms with Gasteiger partial charge in [-0.05, 0) is 48.9 Å². The molecule has 1 fully saturated rings. The normalized spacial score (nSPS) is 24.3. The molecule has 0 radical (unpaired) electrons. The van der Waals surface area contributed by atoms with Crippen LogP contribution in [0.1, 0.15) is 50.3 Å². The molecule has 0 amide bonds. The van der Waals surface area contributed by atoms with E-state index in [9.17, 15) is 17.6 Å². The van der Waals surface area contributed by atoms with Gasteiger partial charge >= 0.3 is 6.18 Å². The number of benzene rings is 1. The van der Waals surface area contributed by atoms with Gasteiger partial charge in [-0.3, -0.25) is 0 Å². The van der Waals surface area contributed by atoms with Crippen molar-refractivity contribution in [3.63, 3.8) is 0 Å². The first-order valence-corrected chi connectivity index (χ1v) is 7.43. The van der Waals surface area contributed by atoms with E-state index < -0.39 is 17.6 Å². The number of rotatable bonds is 4. The van der Waals surface area contributed by atoms with Crippen LogP contribution in [0.15, 0.2) is 18.2 Å². The molecule has 1 aromatic carbocycles. The van der Waals surface area contributed by atoms with Crippen molar-refractivity contribution in [3.8, 4) is 0 Å². The predicted octanol–water partition coefficient (Wildman–Crippen LogP) is 4.93. The lowest BCUT2D eigenvalue weighted by atomic mass is 9.90.